The molecule has 0 spiro atoms. The number of rotatable bonds is 6. The first kappa shape index (κ1) is 17.7. The van der Waals surface area contributed by atoms with Gasteiger partial charge in [-0.2, -0.15) is 4.31 Å². The molecule has 8 heteroatoms. The standard InChI is InChI=1S/C17H20N2O5S/c20-17-3-1-2-8-18(17)9-14-24-15-4-6-16(7-5-15)25(21,22)19-10-12-23-13-11-19/h1-8H,9-14H2. The second-order valence-electron chi connectivity index (χ2n) is 5.57. The summed E-state index contributed by atoms with van der Waals surface area (Å²) in [4.78, 5) is 11.8. The summed E-state index contributed by atoms with van der Waals surface area (Å²) in [6.07, 6.45) is 1.70. The molecule has 1 aromatic carbocycles. The highest BCUT2D eigenvalue weighted by molar-refractivity contribution is 7.89. The van der Waals surface area contributed by atoms with E-state index >= 15 is 0 Å². The van der Waals surface area contributed by atoms with Crippen LogP contribution < -0.4 is 10.3 Å². The average Bonchev–Trinajstić information content (AvgIpc) is 2.64. The molecule has 134 valence electrons. The molecular weight excluding hydrogens is 344 g/mol. The Morgan fingerprint density at radius 3 is 2.44 bits per heavy atom. The largest absolute Gasteiger partial charge is 0.492 e. The monoisotopic (exact) mass is 364 g/mol. The van der Waals surface area contributed by atoms with Crippen LogP contribution in [0.3, 0.4) is 0 Å². The van der Waals surface area contributed by atoms with E-state index in [0.29, 0.717) is 45.2 Å². The molecule has 0 saturated carbocycles. The van der Waals surface area contributed by atoms with Gasteiger partial charge in [-0.25, -0.2) is 8.42 Å². The molecule has 0 atom stereocenters. The molecule has 2 heterocycles. The Hall–Kier alpha value is -2.16. The number of ether oxygens (including phenoxy) is 2. The van der Waals surface area contributed by atoms with E-state index in [9.17, 15) is 13.2 Å². The van der Waals surface area contributed by atoms with Crippen LogP contribution in [0.4, 0.5) is 0 Å². The fourth-order valence-electron chi connectivity index (χ4n) is 2.55. The second-order valence-corrected chi connectivity index (χ2v) is 7.51. The SMILES string of the molecule is O=c1ccccn1CCOc1ccc(S(=O)(=O)N2CCOCC2)cc1. The van der Waals surface area contributed by atoms with Crippen LogP contribution >= 0.6 is 0 Å². The molecule has 25 heavy (non-hydrogen) atoms. The molecule has 0 bridgehead atoms. The number of hydrogen-bond donors (Lipinski definition) is 0. The van der Waals surface area contributed by atoms with Gasteiger partial charge >= 0.3 is 0 Å². The Morgan fingerprint density at radius 2 is 1.76 bits per heavy atom. The normalized spacial score (nSPS) is 15.8. The van der Waals surface area contributed by atoms with Crippen molar-refractivity contribution in [2.24, 2.45) is 0 Å². The maximum absolute atomic E-state index is 12.5. The summed E-state index contributed by atoms with van der Waals surface area (Å²) in [5.41, 5.74) is -0.0851. The van der Waals surface area contributed by atoms with Gasteiger partial charge in [0.25, 0.3) is 5.56 Å². The van der Waals surface area contributed by atoms with Crippen molar-refractivity contribution in [1.29, 1.82) is 0 Å². The molecule has 0 aliphatic carbocycles. The Bertz CT molecular complexity index is 855. The van der Waals surface area contributed by atoms with Gasteiger partial charge in [-0.15, -0.1) is 0 Å². The molecular formula is C17H20N2O5S. The van der Waals surface area contributed by atoms with Gasteiger partial charge < -0.3 is 14.0 Å². The quantitative estimate of drug-likeness (QED) is 0.763. The fourth-order valence-corrected chi connectivity index (χ4v) is 3.96. The Balaban J connectivity index is 1.60. The summed E-state index contributed by atoms with van der Waals surface area (Å²) in [5.74, 6) is 0.560. The van der Waals surface area contributed by atoms with Gasteiger partial charge in [0.05, 0.1) is 24.7 Å². The first-order valence-electron chi connectivity index (χ1n) is 8.03. The lowest BCUT2D eigenvalue weighted by molar-refractivity contribution is 0.0730. The molecule has 0 amide bonds. The highest BCUT2D eigenvalue weighted by atomic mass is 32.2. The van der Waals surface area contributed by atoms with E-state index in [0.717, 1.165) is 0 Å². The van der Waals surface area contributed by atoms with E-state index in [1.54, 1.807) is 35.0 Å². The maximum Gasteiger partial charge on any atom is 0.250 e. The summed E-state index contributed by atoms with van der Waals surface area (Å²) in [5, 5.41) is 0. The third-order valence-electron chi connectivity index (χ3n) is 3.93. The minimum atomic E-state index is -3.50. The van der Waals surface area contributed by atoms with E-state index in [-0.39, 0.29) is 10.5 Å². The first-order valence-corrected chi connectivity index (χ1v) is 9.47. The smallest absolute Gasteiger partial charge is 0.250 e. The molecule has 3 rings (SSSR count). The molecule has 1 fully saturated rings. The topological polar surface area (TPSA) is 77.8 Å². The van der Waals surface area contributed by atoms with Crippen molar-refractivity contribution in [3.63, 3.8) is 0 Å². The first-order chi connectivity index (χ1) is 12.1. The number of morpholine rings is 1. The van der Waals surface area contributed by atoms with Gasteiger partial charge in [0.2, 0.25) is 10.0 Å². The third-order valence-corrected chi connectivity index (χ3v) is 5.84. The zero-order valence-electron chi connectivity index (χ0n) is 13.7. The molecule has 1 aliphatic rings. The summed E-state index contributed by atoms with van der Waals surface area (Å²) >= 11 is 0. The number of nitrogens with zero attached hydrogens (tertiary/aromatic N) is 2. The van der Waals surface area contributed by atoms with Crippen LogP contribution in [-0.4, -0.2) is 50.2 Å². The molecule has 0 unspecified atom stereocenters. The van der Waals surface area contributed by atoms with Gasteiger partial charge in [-0.3, -0.25) is 4.79 Å². The highest BCUT2D eigenvalue weighted by Gasteiger charge is 2.26. The van der Waals surface area contributed by atoms with Crippen molar-refractivity contribution in [2.75, 3.05) is 32.9 Å². The summed E-state index contributed by atoms with van der Waals surface area (Å²) < 4.78 is 38.8. The Kier molecular flexibility index (Phi) is 5.52. The van der Waals surface area contributed by atoms with Gasteiger partial charge in [0.1, 0.15) is 12.4 Å². The average molecular weight is 364 g/mol. The van der Waals surface area contributed by atoms with Crippen molar-refractivity contribution >= 4 is 10.0 Å². The number of pyridine rings is 1. The van der Waals surface area contributed by atoms with Crippen LogP contribution in [-0.2, 0) is 21.3 Å². The predicted molar refractivity (Wildman–Crippen MR) is 92.2 cm³/mol. The summed E-state index contributed by atoms with van der Waals surface area (Å²) in [7, 11) is -3.50. The van der Waals surface area contributed by atoms with E-state index in [4.69, 9.17) is 9.47 Å². The molecule has 1 aliphatic heterocycles. The van der Waals surface area contributed by atoms with Crippen LogP contribution in [0.25, 0.3) is 0 Å². The van der Waals surface area contributed by atoms with Gasteiger partial charge in [-0.05, 0) is 30.3 Å². The summed E-state index contributed by atoms with van der Waals surface area (Å²) in [6.45, 7) is 2.31. The molecule has 0 N–H and O–H groups in total. The lowest BCUT2D eigenvalue weighted by Gasteiger charge is -2.26. The van der Waals surface area contributed by atoms with Gasteiger partial charge in [-0.1, -0.05) is 6.07 Å². The van der Waals surface area contributed by atoms with Crippen LogP contribution in [0, 0.1) is 0 Å². The van der Waals surface area contributed by atoms with E-state index < -0.39 is 10.0 Å². The number of benzene rings is 1. The van der Waals surface area contributed by atoms with E-state index in [2.05, 4.69) is 0 Å². The van der Waals surface area contributed by atoms with E-state index in [1.807, 2.05) is 0 Å². The van der Waals surface area contributed by atoms with E-state index in [1.165, 1.54) is 22.5 Å². The van der Waals surface area contributed by atoms with Crippen LogP contribution in [0.5, 0.6) is 5.75 Å². The number of hydrogen-bond acceptors (Lipinski definition) is 5. The molecule has 1 aromatic heterocycles. The third kappa shape index (κ3) is 4.28. The minimum absolute atomic E-state index is 0.0851. The Morgan fingerprint density at radius 1 is 1.04 bits per heavy atom. The minimum Gasteiger partial charge on any atom is -0.492 e. The summed E-state index contributed by atoms with van der Waals surface area (Å²) in [6, 6.07) is 11.3. The fraction of sp³-hybridized carbons (Fsp3) is 0.353. The second kappa shape index (κ2) is 7.81. The van der Waals surface area contributed by atoms with Crippen molar-refractivity contribution in [2.45, 2.75) is 11.4 Å². The highest BCUT2D eigenvalue weighted by Crippen LogP contribution is 2.20. The van der Waals surface area contributed by atoms with Crippen molar-refractivity contribution < 1.29 is 17.9 Å². The Labute approximate surface area is 146 Å². The maximum atomic E-state index is 12.5. The lowest BCUT2D eigenvalue weighted by atomic mass is 10.3. The predicted octanol–water partition coefficient (Wildman–Crippen LogP) is 0.948. The molecule has 2 aromatic rings. The van der Waals surface area contributed by atoms with Crippen molar-refractivity contribution in [3.8, 4) is 5.75 Å². The number of sulfonamides is 1. The molecule has 1 saturated heterocycles. The number of aromatic nitrogens is 1. The molecule has 7 nitrogen and oxygen atoms in total. The van der Waals surface area contributed by atoms with Gasteiger partial charge in [0, 0.05) is 25.4 Å². The molecule has 0 radical (unpaired) electrons. The van der Waals surface area contributed by atoms with Crippen LogP contribution in [0.15, 0.2) is 58.4 Å². The lowest BCUT2D eigenvalue weighted by Crippen LogP contribution is -2.40. The van der Waals surface area contributed by atoms with Crippen LogP contribution in [0.1, 0.15) is 0 Å². The van der Waals surface area contributed by atoms with Crippen molar-refractivity contribution in [1.82, 2.24) is 8.87 Å². The van der Waals surface area contributed by atoms with Crippen LogP contribution in [0.2, 0.25) is 0 Å². The zero-order chi connectivity index (χ0) is 17.7. The van der Waals surface area contributed by atoms with Crippen molar-refractivity contribution in [3.05, 3.63) is 59.0 Å². The zero-order valence-corrected chi connectivity index (χ0v) is 14.5. The van der Waals surface area contributed by atoms with Gasteiger partial charge in [0.15, 0.2) is 0 Å².